The van der Waals surface area contributed by atoms with Gasteiger partial charge in [-0.1, -0.05) is 41.9 Å². The SMILES string of the molecule is O=C(O)Cc1cccc2[nH]c(=O)n(-c3cc(S(=O)(=O)N4CCCCc5ccccc54)sc3Cl)c(=O)c12. The molecule has 0 saturated carbocycles. The topological polar surface area (TPSA) is 130 Å². The number of carboxylic acid groups (broad SMARTS) is 1. The fourth-order valence-electron chi connectivity index (χ4n) is 4.49. The minimum atomic E-state index is -4.04. The van der Waals surface area contributed by atoms with E-state index in [1.54, 1.807) is 18.2 Å². The van der Waals surface area contributed by atoms with Crippen LogP contribution in [0.15, 0.2) is 62.3 Å². The number of carboxylic acids is 1. The molecule has 0 bridgehead atoms. The first-order valence-electron chi connectivity index (χ1n) is 11.1. The van der Waals surface area contributed by atoms with Gasteiger partial charge in [0.05, 0.1) is 28.7 Å². The number of fused-ring (bicyclic) bond motifs is 2. The number of H-pyrrole nitrogens is 1. The Kier molecular flexibility index (Phi) is 6.23. The van der Waals surface area contributed by atoms with Crippen LogP contribution < -0.4 is 15.6 Å². The first-order chi connectivity index (χ1) is 17.2. The highest BCUT2D eigenvalue weighted by Gasteiger charge is 2.31. The molecule has 12 heteroatoms. The van der Waals surface area contributed by atoms with E-state index in [2.05, 4.69) is 4.98 Å². The molecule has 2 aromatic carbocycles. The number of rotatable bonds is 5. The van der Waals surface area contributed by atoms with E-state index in [0.717, 1.165) is 34.3 Å². The number of hydrogen-bond donors (Lipinski definition) is 2. The third kappa shape index (κ3) is 4.12. The summed E-state index contributed by atoms with van der Waals surface area (Å²) in [4.78, 5) is 40.2. The van der Waals surface area contributed by atoms with E-state index >= 15 is 0 Å². The summed E-state index contributed by atoms with van der Waals surface area (Å²) in [7, 11) is -4.04. The Labute approximate surface area is 214 Å². The summed E-state index contributed by atoms with van der Waals surface area (Å²) in [5, 5.41) is 9.26. The molecule has 0 amide bonds. The van der Waals surface area contributed by atoms with Gasteiger partial charge >= 0.3 is 11.7 Å². The molecule has 0 spiro atoms. The molecule has 186 valence electrons. The lowest BCUT2D eigenvalue weighted by Gasteiger charge is -2.23. The van der Waals surface area contributed by atoms with E-state index in [4.69, 9.17) is 11.6 Å². The first-order valence-corrected chi connectivity index (χ1v) is 13.7. The normalized spacial score (nSPS) is 14.0. The van der Waals surface area contributed by atoms with Crippen LogP contribution in [-0.2, 0) is 27.7 Å². The van der Waals surface area contributed by atoms with Crippen molar-refractivity contribution >= 4 is 55.5 Å². The lowest BCUT2D eigenvalue weighted by molar-refractivity contribution is -0.136. The molecular weight excluding hydrogens is 526 g/mol. The summed E-state index contributed by atoms with van der Waals surface area (Å²) in [6.07, 6.45) is 1.86. The van der Waals surface area contributed by atoms with Gasteiger partial charge in [0.25, 0.3) is 15.6 Å². The second-order valence-corrected chi connectivity index (χ2v) is 12.1. The third-order valence-electron chi connectivity index (χ3n) is 6.10. The second kappa shape index (κ2) is 9.23. The molecule has 4 aromatic rings. The summed E-state index contributed by atoms with van der Waals surface area (Å²) in [6, 6.07) is 13.1. The van der Waals surface area contributed by atoms with Crippen LogP contribution in [0.25, 0.3) is 16.6 Å². The number of halogens is 1. The molecule has 0 unspecified atom stereocenters. The summed E-state index contributed by atoms with van der Waals surface area (Å²) in [5.41, 5.74) is 0.241. The van der Waals surface area contributed by atoms with Crippen molar-refractivity contribution < 1.29 is 18.3 Å². The van der Waals surface area contributed by atoms with Crippen molar-refractivity contribution in [1.29, 1.82) is 0 Å². The van der Waals surface area contributed by atoms with E-state index < -0.39 is 33.7 Å². The Bertz CT molecular complexity index is 1740. The smallest absolute Gasteiger partial charge is 0.333 e. The largest absolute Gasteiger partial charge is 0.481 e. The number of para-hydroxylation sites is 1. The average molecular weight is 546 g/mol. The standard InChI is InChI=1S/C24H20ClN3O6S2/c25-22-18(28-23(31)21-15(12-19(29)30)8-5-9-16(21)26-24(28)32)13-20(35-22)36(33,34)27-11-4-3-7-14-6-1-2-10-17(14)27/h1-2,5-6,8-10,13H,3-4,7,11-12H2,(H,26,32)(H,29,30). The number of benzene rings is 2. The van der Waals surface area contributed by atoms with Gasteiger partial charge in [-0.2, -0.15) is 0 Å². The van der Waals surface area contributed by atoms with E-state index in [1.807, 2.05) is 12.1 Å². The summed E-state index contributed by atoms with van der Waals surface area (Å²) in [6.45, 7) is 0.291. The fourth-order valence-corrected chi connectivity index (χ4v) is 7.85. The van der Waals surface area contributed by atoms with E-state index in [1.165, 1.54) is 22.5 Å². The molecule has 2 N–H and O–H groups in total. The van der Waals surface area contributed by atoms with Crippen molar-refractivity contribution in [2.24, 2.45) is 0 Å². The quantitative estimate of drug-likeness (QED) is 0.394. The predicted molar refractivity (Wildman–Crippen MR) is 138 cm³/mol. The van der Waals surface area contributed by atoms with Crippen LogP contribution in [0.2, 0.25) is 4.34 Å². The van der Waals surface area contributed by atoms with Gasteiger partial charge in [-0.05, 0) is 48.6 Å². The van der Waals surface area contributed by atoms with Crippen LogP contribution in [0.3, 0.4) is 0 Å². The number of aromatic nitrogens is 2. The number of nitrogens with one attached hydrogen (secondary N) is 1. The molecule has 1 aliphatic rings. The Hall–Kier alpha value is -3.41. The van der Waals surface area contributed by atoms with Crippen LogP contribution in [-0.4, -0.2) is 35.6 Å². The lowest BCUT2D eigenvalue weighted by atomic mass is 10.1. The molecule has 36 heavy (non-hydrogen) atoms. The zero-order valence-electron chi connectivity index (χ0n) is 18.7. The molecule has 2 aromatic heterocycles. The van der Waals surface area contributed by atoms with E-state index in [9.17, 15) is 27.9 Å². The van der Waals surface area contributed by atoms with Gasteiger partial charge in [0.2, 0.25) is 0 Å². The van der Waals surface area contributed by atoms with Crippen LogP contribution in [0.4, 0.5) is 5.69 Å². The molecular formula is C24H20ClN3O6S2. The molecule has 0 aliphatic carbocycles. The third-order valence-corrected chi connectivity index (χ3v) is 9.70. The second-order valence-electron chi connectivity index (χ2n) is 8.37. The first kappa shape index (κ1) is 24.3. The van der Waals surface area contributed by atoms with Crippen molar-refractivity contribution in [2.75, 3.05) is 10.8 Å². The Morgan fingerprint density at radius 1 is 1.08 bits per heavy atom. The highest BCUT2D eigenvalue weighted by Crippen LogP contribution is 2.37. The van der Waals surface area contributed by atoms with Crippen LogP contribution in [0.5, 0.6) is 0 Å². The van der Waals surface area contributed by atoms with Gasteiger partial charge in [0.15, 0.2) is 0 Å². The maximum Gasteiger partial charge on any atom is 0.333 e. The molecule has 0 atom stereocenters. The monoisotopic (exact) mass is 545 g/mol. The number of aryl methyl sites for hydroxylation is 1. The van der Waals surface area contributed by atoms with E-state index in [-0.39, 0.29) is 30.7 Å². The molecule has 0 radical (unpaired) electrons. The van der Waals surface area contributed by atoms with Crippen LogP contribution in [0, 0.1) is 0 Å². The number of sulfonamides is 1. The number of aliphatic carboxylic acids is 1. The van der Waals surface area contributed by atoms with Crippen molar-refractivity contribution in [2.45, 2.75) is 29.9 Å². The van der Waals surface area contributed by atoms with Gasteiger partial charge in [0, 0.05) is 6.54 Å². The van der Waals surface area contributed by atoms with Gasteiger partial charge in [-0.15, -0.1) is 11.3 Å². The lowest BCUT2D eigenvalue weighted by Crippen LogP contribution is -2.34. The molecule has 5 rings (SSSR count). The summed E-state index contributed by atoms with van der Waals surface area (Å²) >= 11 is 7.16. The summed E-state index contributed by atoms with van der Waals surface area (Å²) < 4.78 is 29.3. The Morgan fingerprint density at radius 3 is 2.64 bits per heavy atom. The number of aromatic amines is 1. The predicted octanol–water partition coefficient (Wildman–Crippen LogP) is 3.55. The maximum absolute atomic E-state index is 13.7. The van der Waals surface area contributed by atoms with Crippen molar-refractivity contribution in [3.05, 3.63) is 84.8 Å². The van der Waals surface area contributed by atoms with Gasteiger partial charge in [-0.25, -0.2) is 17.8 Å². The highest BCUT2D eigenvalue weighted by molar-refractivity contribution is 7.94. The number of nitrogens with zero attached hydrogens (tertiary/aromatic N) is 2. The molecule has 0 saturated heterocycles. The van der Waals surface area contributed by atoms with Crippen molar-refractivity contribution in [1.82, 2.24) is 9.55 Å². The van der Waals surface area contributed by atoms with Crippen LogP contribution in [0.1, 0.15) is 24.0 Å². The minimum absolute atomic E-state index is 0.0209. The molecule has 1 aliphatic heterocycles. The molecule has 3 heterocycles. The number of anilines is 1. The van der Waals surface area contributed by atoms with Crippen molar-refractivity contribution in [3.63, 3.8) is 0 Å². The van der Waals surface area contributed by atoms with Gasteiger partial charge < -0.3 is 10.1 Å². The van der Waals surface area contributed by atoms with Crippen molar-refractivity contribution in [3.8, 4) is 5.69 Å². The average Bonchev–Trinajstić information content (AvgIpc) is 3.07. The van der Waals surface area contributed by atoms with Gasteiger partial charge in [-0.3, -0.25) is 13.9 Å². The van der Waals surface area contributed by atoms with Crippen LogP contribution >= 0.6 is 22.9 Å². The highest BCUT2D eigenvalue weighted by atomic mass is 35.5. The number of carbonyl (C=O) groups is 1. The molecule has 0 fully saturated rings. The molecule has 9 nitrogen and oxygen atoms in total. The van der Waals surface area contributed by atoms with Gasteiger partial charge in [0.1, 0.15) is 8.55 Å². The Morgan fingerprint density at radius 2 is 1.86 bits per heavy atom. The van der Waals surface area contributed by atoms with E-state index in [0.29, 0.717) is 18.7 Å². The number of thiophene rings is 1. The Balaban J connectivity index is 1.67. The number of hydrogen-bond acceptors (Lipinski definition) is 6. The zero-order valence-corrected chi connectivity index (χ0v) is 21.1. The maximum atomic E-state index is 13.7. The summed E-state index contributed by atoms with van der Waals surface area (Å²) in [5.74, 6) is -1.14. The minimum Gasteiger partial charge on any atom is -0.481 e. The zero-order chi connectivity index (χ0) is 25.6. The fraction of sp³-hybridized carbons (Fsp3) is 0.208.